The van der Waals surface area contributed by atoms with Crippen LogP contribution in [0.2, 0.25) is 0 Å². The number of hydrogen-bond acceptors (Lipinski definition) is 2. The normalized spacial score (nSPS) is 14.7. The van der Waals surface area contributed by atoms with Crippen LogP contribution >= 0.6 is 22.6 Å². The summed E-state index contributed by atoms with van der Waals surface area (Å²) in [6.45, 7) is 9.99. The van der Waals surface area contributed by atoms with Gasteiger partial charge >= 0.3 is 6.03 Å². The van der Waals surface area contributed by atoms with E-state index >= 15 is 0 Å². The molecule has 1 aliphatic heterocycles. The Hall–Kier alpha value is -1.57. The Labute approximate surface area is 150 Å². The maximum absolute atomic E-state index is 11.8. The highest BCUT2D eigenvalue weighted by Crippen LogP contribution is 2.29. The van der Waals surface area contributed by atoms with Crippen LogP contribution in [0.5, 0.6) is 0 Å². The van der Waals surface area contributed by atoms with Crippen LogP contribution in [0.15, 0.2) is 18.2 Å². The number of aromatic nitrogens is 2. The summed E-state index contributed by atoms with van der Waals surface area (Å²) < 4.78 is 3.07. The molecule has 0 spiro atoms. The molecule has 122 valence electrons. The van der Waals surface area contributed by atoms with Crippen molar-refractivity contribution in [2.24, 2.45) is 0 Å². The lowest BCUT2D eigenvalue weighted by molar-refractivity contribution is 0.252. The number of nitrogens with zero attached hydrogens (tertiary/aromatic N) is 3. The van der Waals surface area contributed by atoms with Gasteiger partial charge in [-0.15, -0.1) is 0 Å². The van der Waals surface area contributed by atoms with E-state index in [1.807, 2.05) is 10.7 Å². The number of carbonyl (C=O) groups excluding carboxylic acids is 1. The Kier molecular flexibility index (Phi) is 4.35. The number of aryl methyl sites for hydroxylation is 1. The van der Waals surface area contributed by atoms with Gasteiger partial charge in [0.05, 0.1) is 5.69 Å². The van der Waals surface area contributed by atoms with E-state index in [0.29, 0.717) is 19.0 Å². The van der Waals surface area contributed by atoms with E-state index < -0.39 is 0 Å². The second-order valence-corrected chi connectivity index (χ2v) is 7.23. The van der Waals surface area contributed by atoms with Gasteiger partial charge in [0.1, 0.15) is 3.70 Å². The third-order valence-corrected chi connectivity index (χ3v) is 5.07. The summed E-state index contributed by atoms with van der Waals surface area (Å²) in [5, 5.41) is 7.55. The van der Waals surface area contributed by atoms with Gasteiger partial charge in [-0.3, -0.25) is 4.90 Å². The number of nitrogens with one attached hydrogen (secondary N) is 1. The Morgan fingerprint density at radius 1 is 1.30 bits per heavy atom. The lowest BCUT2D eigenvalue weighted by Crippen LogP contribution is -2.27. The first-order valence-electron chi connectivity index (χ1n) is 7.81. The predicted molar refractivity (Wildman–Crippen MR) is 101 cm³/mol. The average molecular weight is 424 g/mol. The number of urea groups is 1. The summed E-state index contributed by atoms with van der Waals surface area (Å²) in [6.07, 6.45) is 0. The second kappa shape index (κ2) is 6.14. The highest BCUT2D eigenvalue weighted by Gasteiger charge is 2.22. The molecule has 1 aromatic carbocycles. The molecule has 0 bridgehead atoms. The molecule has 1 saturated heterocycles. The van der Waals surface area contributed by atoms with Crippen LogP contribution in [0.4, 0.5) is 10.5 Å². The topological polar surface area (TPSA) is 50.2 Å². The number of hydrogen-bond donors (Lipinski definition) is 1. The van der Waals surface area contributed by atoms with Gasteiger partial charge in [0.2, 0.25) is 0 Å². The van der Waals surface area contributed by atoms with Crippen molar-refractivity contribution >= 4 is 34.3 Å². The number of halogens is 1. The van der Waals surface area contributed by atoms with Gasteiger partial charge in [-0.2, -0.15) is 5.10 Å². The molecule has 2 aromatic rings. The van der Waals surface area contributed by atoms with E-state index in [4.69, 9.17) is 5.10 Å². The van der Waals surface area contributed by atoms with Crippen LogP contribution in [-0.4, -0.2) is 28.9 Å². The largest absolute Gasteiger partial charge is 0.336 e. The predicted octanol–water partition coefficient (Wildman–Crippen LogP) is 3.75. The van der Waals surface area contributed by atoms with Crippen LogP contribution in [-0.2, 0) is 0 Å². The molecule has 0 saturated carbocycles. The standard InChI is InChI=1S/C17H21IN4O/c1-10(2)15-12(4)22(20-16(15)18)14-6-5-13(9-11(14)3)21-8-7-19-17(21)23/h5-6,9-10H,7-8H2,1-4H3,(H,19,23). The molecule has 23 heavy (non-hydrogen) atoms. The zero-order valence-electron chi connectivity index (χ0n) is 13.9. The zero-order valence-corrected chi connectivity index (χ0v) is 16.0. The first-order valence-corrected chi connectivity index (χ1v) is 8.89. The molecule has 0 radical (unpaired) electrons. The highest BCUT2D eigenvalue weighted by molar-refractivity contribution is 14.1. The fourth-order valence-corrected chi connectivity index (χ4v) is 4.36. The zero-order chi connectivity index (χ0) is 16.7. The van der Waals surface area contributed by atoms with E-state index in [1.54, 1.807) is 4.90 Å². The van der Waals surface area contributed by atoms with Gasteiger partial charge in [-0.25, -0.2) is 9.48 Å². The summed E-state index contributed by atoms with van der Waals surface area (Å²) in [5.41, 5.74) is 5.59. The second-order valence-electron chi connectivity index (χ2n) is 6.21. The lowest BCUT2D eigenvalue weighted by atomic mass is 10.0. The molecule has 2 amide bonds. The molecule has 5 nitrogen and oxygen atoms in total. The van der Waals surface area contributed by atoms with Crippen molar-refractivity contribution in [2.75, 3.05) is 18.0 Å². The number of rotatable bonds is 3. The fourth-order valence-electron chi connectivity index (χ4n) is 3.13. The van der Waals surface area contributed by atoms with E-state index in [1.165, 1.54) is 11.3 Å². The summed E-state index contributed by atoms with van der Waals surface area (Å²) in [6, 6.07) is 6.08. The van der Waals surface area contributed by atoms with E-state index in [0.717, 1.165) is 20.6 Å². The highest BCUT2D eigenvalue weighted by atomic mass is 127. The van der Waals surface area contributed by atoms with Gasteiger partial charge in [0.25, 0.3) is 0 Å². The molecule has 1 N–H and O–H groups in total. The van der Waals surface area contributed by atoms with Crippen molar-refractivity contribution < 1.29 is 4.79 Å². The van der Waals surface area contributed by atoms with Crippen molar-refractivity contribution in [2.45, 2.75) is 33.6 Å². The van der Waals surface area contributed by atoms with E-state index in [2.05, 4.69) is 67.7 Å². The maximum Gasteiger partial charge on any atom is 0.321 e. The van der Waals surface area contributed by atoms with Gasteiger partial charge in [-0.1, -0.05) is 13.8 Å². The summed E-state index contributed by atoms with van der Waals surface area (Å²) >= 11 is 2.31. The molecule has 3 rings (SSSR count). The van der Waals surface area contributed by atoms with Crippen molar-refractivity contribution in [1.29, 1.82) is 0 Å². The number of carbonyl (C=O) groups is 1. The molecule has 1 aromatic heterocycles. The van der Waals surface area contributed by atoms with Crippen LogP contribution in [0, 0.1) is 17.5 Å². The Morgan fingerprint density at radius 2 is 2.04 bits per heavy atom. The summed E-state index contributed by atoms with van der Waals surface area (Å²) in [7, 11) is 0. The van der Waals surface area contributed by atoms with Gasteiger partial charge in [0, 0.05) is 30.0 Å². The molecular formula is C17H21IN4O. The number of anilines is 1. The SMILES string of the molecule is Cc1cc(N2CCNC2=O)ccc1-n1nc(I)c(C(C)C)c1C. The number of amides is 2. The fraction of sp³-hybridized carbons (Fsp3) is 0.412. The van der Waals surface area contributed by atoms with Crippen molar-refractivity contribution in [3.8, 4) is 5.69 Å². The third kappa shape index (κ3) is 2.84. The Balaban J connectivity index is 2.02. The van der Waals surface area contributed by atoms with E-state index in [-0.39, 0.29) is 6.03 Å². The first kappa shape index (κ1) is 16.3. The number of benzene rings is 1. The molecule has 6 heteroatoms. The first-order chi connectivity index (χ1) is 10.9. The molecule has 2 heterocycles. The van der Waals surface area contributed by atoms with Crippen LogP contribution < -0.4 is 10.2 Å². The van der Waals surface area contributed by atoms with Gasteiger partial charge in [0.15, 0.2) is 0 Å². The van der Waals surface area contributed by atoms with Gasteiger partial charge < -0.3 is 5.32 Å². The minimum Gasteiger partial charge on any atom is -0.336 e. The molecule has 0 unspecified atom stereocenters. The van der Waals surface area contributed by atoms with Crippen molar-refractivity contribution in [3.05, 3.63) is 38.7 Å². The van der Waals surface area contributed by atoms with Crippen molar-refractivity contribution in [1.82, 2.24) is 15.1 Å². The minimum absolute atomic E-state index is 0.0240. The van der Waals surface area contributed by atoms with E-state index in [9.17, 15) is 4.79 Å². The summed E-state index contributed by atoms with van der Waals surface area (Å²) in [5.74, 6) is 0.448. The van der Waals surface area contributed by atoms with Crippen LogP contribution in [0.25, 0.3) is 5.69 Å². The Bertz CT molecular complexity index is 766. The van der Waals surface area contributed by atoms with Gasteiger partial charge in [-0.05, 0) is 66.1 Å². The smallest absolute Gasteiger partial charge is 0.321 e. The molecule has 0 atom stereocenters. The van der Waals surface area contributed by atoms with Crippen LogP contribution in [0.1, 0.15) is 36.6 Å². The maximum atomic E-state index is 11.8. The van der Waals surface area contributed by atoms with Crippen molar-refractivity contribution in [3.63, 3.8) is 0 Å². The average Bonchev–Trinajstić information content (AvgIpc) is 3.02. The molecule has 1 aliphatic rings. The molecule has 1 fully saturated rings. The lowest BCUT2D eigenvalue weighted by Gasteiger charge is -2.17. The Morgan fingerprint density at radius 3 is 2.57 bits per heavy atom. The quantitative estimate of drug-likeness (QED) is 0.764. The summed E-state index contributed by atoms with van der Waals surface area (Å²) in [4.78, 5) is 13.6. The molecular weight excluding hydrogens is 403 g/mol. The molecule has 0 aliphatic carbocycles. The monoisotopic (exact) mass is 424 g/mol. The van der Waals surface area contributed by atoms with Crippen LogP contribution in [0.3, 0.4) is 0 Å². The third-order valence-electron chi connectivity index (χ3n) is 4.27. The minimum atomic E-state index is -0.0240.